The van der Waals surface area contributed by atoms with Crippen molar-refractivity contribution < 1.29 is 13.3 Å². The molecular formula is C9H26N2O3Si2. The maximum absolute atomic E-state index is 5.86. The van der Waals surface area contributed by atoms with Gasteiger partial charge in [-0.2, -0.15) is 0 Å². The van der Waals surface area contributed by atoms with E-state index in [-0.39, 0.29) is 5.67 Å². The van der Waals surface area contributed by atoms with Gasteiger partial charge in [-0.25, -0.2) is 0 Å². The Balaban J connectivity index is 4.34. The average molecular weight is 266 g/mol. The van der Waals surface area contributed by atoms with Crippen LogP contribution in [0.5, 0.6) is 0 Å². The molecule has 0 amide bonds. The first kappa shape index (κ1) is 16.2. The van der Waals surface area contributed by atoms with Gasteiger partial charge in [-0.15, -0.1) is 0 Å². The van der Waals surface area contributed by atoms with Gasteiger partial charge in [-0.05, 0) is 27.2 Å². The highest BCUT2D eigenvalue weighted by Gasteiger charge is 2.40. The summed E-state index contributed by atoms with van der Waals surface area (Å²) >= 11 is 0. The lowest BCUT2D eigenvalue weighted by molar-refractivity contribution is 0.0707. The molecule has 0 aromatic heterocycles. The molecule has 4 N–H and O–H groups in total. The van der Waals surface area contributed by atoms with Crippen molar-refractivity contribution in [2.75, 3.05) is 19.8 Å². The second kappa shape index (κ2) is 9.28. The van der Waals surface area contributed by atoms with Crippen LogP contribution in [0.15, 0.2) is 0 Å². The minimum Gasteiger partial charge on any atom is -0.374 e. The third kappa shape index (κ3) is 6.09. The summed E-state index contributed by atoms with van der Waals surface area (Å²) in [7, 11) is -3.13. The quantitative estimate of drug-likeness (QED) is 0.533. The van der Waals surface area contributed by atoms with E-state index >= 15 is 0 Å². The van der Waals surface area contributed by atoms with Gasteiger partial charge in [-0.3, -0.25) is 0 Å². The topological polar surface area (TPSA) is 79.7 Å². The van der Waals surface area contributed by atoms with Crippen LogP contribution in [0.1, 0.15) is 27.2 Å². The molecule has 0 saturated heterocycles. The molecule has 0 heterocycles. The maximum atomic E-state index is 5.86. The molecule has 5 nitrogen and oxygen atoms in total. The fourth-order valence-electron chi connectivity index (χ4n) is 1.48. The van der Waals surface area contributed by atoms with Gasteiger partial charge in [0.15, 0.2) is 0 Å². The van der Waals surface area contributed by atoms with E-state index in [1.165, 1.54) is 0 Å². The monoisotopic (exact) mass is 266 g/mol. The standard InChI is InChI=1S/C9H26N2O3Si2/c1-4-12-16(13-5-2,14-6-3)8-7-9(10)15-11/h9H,4-8,10-11,15H2,1-3H3. The Morgan fingerprint density at radius 3 is 1.81 bits per heavy atom. The summed E-state index contributed by atoms with van der Waals surface area (Å²) < 4.78 is 17.2. The van der Waals surface area contributed by atoms with Crippen molar-refractivity contribution in [2.24, 2.45) is 11.1 Å². The normalized spacial score (nSPS) is 14.8. The first-order valence-corrected chi connectivity index (χ1v) is 9.58. The van der Waals surface area contributed by atoms with Crippen LogP contribution in [-0.2, 0) is 13.3 Å². The molecule has 98 valence electrons. The zero-order valence-electron chi connectivity index (χ0n) is 10.7. The third-order valence-corrected chi connectivity index (χ3v) is 6.32. The van der Waals surface area contributed by atoms with Crippen molar-refractivity contribution in [3.63, 3.8) is 0 Å². The molecule has 0 aromatic rings. The van der Waals surface area contributed by atoms with E-state index < -0.39 is 18.5 Å². The lowest BCUT2D eigenvalue weighted by atomic mass is 10.5. The van der Waals surface area contributed by atoms with Crippen LogP contribution in [0.3, 0.4) is 0 Å². The molecule has 0 aliphatic rings. The van der Waals surface area contributed by atoms with E-state index in [0.29, 0.717) is 19.8 Å². The van der Waals surface area contributed by atoms with E-state index in [9.17, 15) is 0 Å². The fourth-order valence-corrected chi connectivity index (χ4v) is 5.06. The third-order valence-electron chi connectivity index (χ3n) is 2.22. The number of nitrogens with two attached hydrogens (primary N) is 2. The predicted molar refractivity (Wildman–Crippen MR) is 70.8 cm³/mol. The van der Waals surface area contributed by atoms with Gasteiger partial charge in [-0.1, -0.05) is 0 Å². The molecule has 16 heavy (non-hydrogen) atoms. The van der Waals surface area contributed by atoms with Gasteiger partial charge in [0.1, 0.15) is 9.68 Å². The predicted octanol–water partition coefficient (Wildman–Crippen LogP) is -0.248. The maximum Gasteiger partial charge on any atom is 0.500 e. The molecular weight excluding hydrogens is 240 g/mol. The van der Waals surface area contributed by atoms with E-state index in [1.807, 2.05) is 20.8 Å². The van der Waals surface area contributed by atoms with E-state index in [0.717, 1.165) is 12.5 Å². The van der Waals surface area contributed by atoms with Crippen LogP contribution in [0.25, 0.3) is 0 Å². The minimum absolute atomic E-state index is 0.133. The molecule has 0 aromatic carbocycles. The lowest BCUT2D eigenvalue weighted by Crippen LogP contribution is -2.47. The highest BCUT2D eigenvalue weighted by atomic mass is 28.4. The van der Waals surface area contributed by atoms with Crippen molar-refractivity contribution in [1.82, 2.24) is 0 Å². The summed E-state index contributed by atoms with van der Waals surface area (Å²) in [5, 5.41) is 5.63. The second-order valence-corrected chi connectivity index (χ2v) is 7.77. The lowest BCUT2D eigenvalue weighted by Gasteiger charge is -2.29. The molecule has 0 bridgehead atoms. The minimum atomic E-state index is -2.49. The first-order chi connectivity index (χ1) is 7.64. The summed E-state index contributed by atoms with van der Waals surface area (Å²) in [6.07, 6.45) is 0.842. The first-order valence-electron chi connectivity index (χ1n) is 6.01. The molecule has 0 radical (unpaired) electrons. The van der Waals surface area contributed by atoms with Crippen LogP contribution >= 0.6 is 0 Å². The van der Waals surface area contributed by atoms with Crippen molar-refractivity contribution in [3.05, 3.63) is 0 Å². The Bertz CT molecular complexity index is 158. The average Bonchev–Trinajstić information content (AvgIpc) is 2.27. The van der Waals surface area contributed by atoms with Gasteiger partial charge in [0.25, 0.3) is 0 Å². The Hall–Kier alpha value is 0.234. The Morgan fingerprint density at radius 1 is 1.06 bits per heavy atom. The summed E-state index contributed by atoms with van der Waals surface area (Å²) in [4.78, 5) is 0. The Kier molecular flexibility index (Phi) is 9.42. The Labute approximate surface area is 102 Å². The SMILES string of the molecule is CCO[Si](CCC(N)[SiH2]N)(OCC)OCC. The van der Waals surface area contributed by atoms with Gasteiger partial charge in [0.2, 0.25) is 0 Å². The van der Waals surface area contributed by atoms with Gasteiger partial charge in [0, 0.05) is 31.5 Å². The summed E-state index contributed by atoms with van der Waals surface area (Å²) in [5.74, 6) is 0. The van der Waals surface area contributed by atoms with E-state index in [1.54, 1.807) is 0 Å². The van der Waals surface area contributed by atoms with Crippen LogP contribution in [0.4, 0.5) is 0 Å². The second-order valence-electron chi connectivity index (χ2n) is 3.52. The summed E-state index contributed by atoms with van der Waals surface area (Å²) in [6, 6.07) is 0.772. The molecule has 1 atom stereocenters. The smallest absolute Gasteiger partial charge is 0.374 e. The number of hydrogen-bond acceptors (Lipinski definition) is 5. The molecule has 1 unspecified atom stereocenters. The van der Waals surface area contributed by atoms with E-state index in [2.05, 4.69) is 0 Å². The zero-order valence-corrected chi connectivity index (χ0v) is 13.1. The highest BCUT2D eigenvalue weighted by molar-refractivity contribution is 6.60. The highest BCUT2D eigenvalue weighted by Crippen LogP contribution is 2.18. The fraction of sp³-hybridized carbons (Fsp3) is 1.00. The Morgan fingerprint density at radius 2 is 1.50 bits per heavy atom. The molecule has 0 aliphatic carbocycles. The largest absolute Gasteiger partial charge is 0.500 e. The van der Waals surface area contributed by atoms with Gasteiger partial charge < -0.3 is 24.4 Å². The summed E-state index contributed by atoms with van der Waals surface area (Å²) in [5.41, 5.74) is 5.99. The molecule has 7 heteroatoms. The van der Waals surface area contributed by atoms with Crippen molar-refractivity contribution in [2.45, 2.75) is 38.9 Å². The molecule has 0 spiro atoms. The summed E-state index contributed by atoms with van der Waals surface area (Å²) in [6.45, 7) is 7.71. The molecule has 0 aliphatic heterocycles. The van der Waals surface area contributed by atoms with Crippen LogP contribution in [0.2, 0.25) is 6.04 Å². The number of rotatable bonds is 10. The zero-order chi connectivity index (χ0) is 12.4. The van der Waals surface area contributed by atoms with Gasteiger partial charge in [0.05, 0.1) is 0 Å². The van der Waals surface area contributed by atoms with Crippen LogP contribution in [0, 0.1) is 0 Å². The van der Waals surface area contributed by atoms with Crippen molar-refractivity contribution >= 4 is 18.5 Å². The van der Waals surface area contributed by atoms with Crippen LogP contribution in [-0.4, -0.2) is 44.0 Å². The molecule has 0 saturated carbocycles. The van der Waals surface area contributed by atoms with Crippen molar-refractivity contribution in [1.29, 1.82) is 0 Å². The van der Waals surface area contributed by atoms with Crippen molar-refractivity contribution in [3.8, 4) is 0 Å². The number of hydrogen-bond donors (Lipinski definition) is 2. The van der Waals surface area contributed by atoms with Crippen LogP contribution < -0.4 is 11.1 Å². The molecule has 0 fully saturated rings. The van der Waals surface area contributed by atoms with Gasteiger partial charge >= 0.3 is 8.80 Å². The molecule has 0 rings (SSSR count). The van der Waals surface area contributed by atoms with E-state index in [4.69, 9.17) is 24.4 Å².